The molecule has 0 aliphatic carbocycles. The fourth-order valence-corrected chi connectivity index (χ4v) is 1.77. The van der Waals surface area contributed by atoms with E-state index in [1.54, 1.807) is 30.0 Å². The lowest BCUT2D eigenvalue weighted by molar-refractivity contribution is -0.144. The Morgan fingerprint density at radius 1 is 1.52 bits per heavy atom. The van der Waals surface area contributed by atoms with Crippen LogP contribution < -0.4 is 0 Å². The molecule has 0 atom stereocenters. The molecule has 0 unspecified atom stereocenters. The molecule has 0 saturated heterocycles. The zero-order valence-corrected chi connectivity index (χ0v) is 11.8. The van der Waals surface area contributed by atoms with E-state index in [0.717, 1.165) is 0 Å². The first-order chi connectivity index (χ1) is 10.2. The first-order valence-corrected chi connectivity index (χ1v) is 6.58. The number of carbonyl (C=O) groups is 1. The monoisotopic (exact) mass is 291 g/mol. The van der Waals surface area contributed by atoms with Gasteiger partial charge in [-0.25, -0.2) is 0 Å². The highest BCUT2D eigenvalue weighted by atomic mass is 16.5. The zero-order valence-electron chi connectivity index (χ0n) is 11.8. The van der Waals surface area contributed by atoms with Crippen molar-refractivity contribution in [2.75, 3.05) is 19.7 Å². The molecule has 2 aromatic rings. The van der Waals surface area contributed by atoms with Crippen LogP contribution in [0.15, 0.2) is 39.9 Å². The molecule has 2 aromatic heterocycles. The van der Waals surface area contributed by atoms with Crippen LogP contribution >= 0.6 is 0 Å². The number of furan rings is 1. The third kappa shape index (κ3) is 4.28. The molecule has 0 fully saturated rings. The number of aromatic nitrogens is 2. The van der Waals surface area contributed by atoms with Gasteiger partial charge in [0, 0.05) is 6.54 Å². The Kier molecular flexibility index (Phi) is 5.28. The Morgan fingerprint density at radius 3 is 3.05 bits per heavy atom. The SMILES string of the molecule is C=CCN(CC(=O)OCC)Cc1nnc(-c2ccco2)o1. The summed E-state index contributed by atoms with van der Waals surface area (Å²) in [6.07, 6.45) is 3.23. The molecule has 0 aromatic carbocycles. The first-order valence-electron chi connectivity index (χ1n) is 6.58. The van der Waals surface area contributed by atoms with Gasteiger partial charge in [0.05, 0.1) is 26.0 Å². The summed E-state index contributed by atoms with van der Waals surface area (Å²) in [5.74, 6) is 0.914. The Labute approximate surface area is 122 Å². The van der Waals surface area contributed by atoms with Gasteiger partial charge in [-0.3, -0.25) is 9.69 Å². The average molecular weight is 291 g/mol. The summed E-state index contributed by atoms with van der Waals surface area (Å²) in [6.45, 7) is 6.76. The Balaban J connectivity index is 1.99. The van der Waals surface area contributed by atoms with E-state index in [1.165, 1.54) is 6.26 Å². The number of hydrogen-bond acceptors (Lipinski definition) is 7. The maximum absolute atomic E-state index is 11.5. The van der Waals surface area contributed by atoms with E-state index in [4.69, 9.17) is 13.6 Å². The molecular formula is C14H17N3O4. The second-order valence-electron chi connectivity index (χ2n) is 4.24. The molecule has 0 aliphatic rings. The molecule has 112 valence electrons. The number of carbonyl (C=O) groups excluding carboxylic acids is 1. The number of hydrogen-bond donors (Lipinski definition) is 0. The summed E-state index contributed by atoms with van der Waals surface area (Å²) < 4.78 is 15.6. The van der Waals surface area contributed by atoms with Crippen LogP contribution in [-0.4, -0.2) is 40.8 Å². The van der Waals surface area contributed by atoms with E-state index in [1.807, 2.05) is 0 Å². The van der Waals surface area contributed by atoms with Gasteiger partial charge in [-0.15, -0.1) is 16.8 Å². The molecule has 0 radical (unpaired) electrons. The van der Waals surface area contributed by atoms with Gasteiger partial charge >= 0.3 is 5.97 Å². The van der Waals surface area contributed by atoms with Crippen LogP contribution in [0.25, 0.3) is 11.7 Å². The second-order valence-corrected chi connectivity index (χ2v) is 4.24. The fraction of sp³-hybridized carbons (Fsp3) is 0.357. The maximum atomic E-state index is 11.5. The lowest BCUT2D eigenvalue weighted by atomic mass is 10.4. The predicted octanol–water partition coefficient (Wildman–Crippen LogP) is 1.88. The molecular weight excluding hydrogens is 274 g/mol. The minimum absolute atomic E-state index is 0.137. The van der Waals surface area contributed by atoms with Crippen LogP contribution in [0.2, 0.25) is 0 Å². The molecule has 0 amide bonds. The summed E-state index contributed by atoms with van der Waals surface area (Å²) >= 11 is 0. The van der Waals surface area contributed by atoms with Crippen molar-refractivity contribution >= 4 is 5.97 Å². The molecule has 0 N–H and O–H groups in total. The van der Waals surface area contributed by atoms with Gasteiger partial charge in [0.25, 0.3) is 5.89 Å². The predicted molar refractivity (Wildman–Crippen MR) is 74.1 cm³/mol. The van der Waals surface area contributed by atoms with Crippen molar-refractivity contribution < 1.29 is 18.4 Å². The van der Waals surface area contributed by atoms with Gasteiger partial charge in [-0.2, -0.15) is 0 Å². The van der Waals surface area contributed by atoms with Crippen molar-refractivity contribution in [2.24, 2.45) is 0 Å². The van der Waals surface area contributed by atoms with Crippen LogP contribution in [-0.2, 0) is 16.1 Å². The zero-order chi connectivity index (χ0) is 15.1. The maximum Gasteiger partial charge on any atom is 0.320 e. The fourth-order valence-electron chi connectivity index (χ4n) is 1.77. The van der Waals surface area contributed by atoms with E-state index in [-0.39, 0.29) is 12.5 Å². The quantitative estimate of drug-likeness (QED) is 0.542. The van der Waals surface area contributed by atoms with Crippen molar-refractivity contribution in [3.8, 4) is 11.7 Å². The molecule has 0 aliphatic heterocycles. The summed E-state index contributed by atoms with van der Waals surface area (Å²) in [4.78, 5) is 13.3. The molecule has 7 nitrogen and oxygen atoms in total. The highest BCUT2D eigenvalue weighted by molar-refractivity contribution is 5.71. The van der Waals surface area contributed by atoms with Crippen LogP contribution in [0.5, 0.6) is 0 Å². The summed E-state index contributed by atoms with van der Waals surface area (Å²) in [7, 11) is 0. The largest absolute Gasteiger partial charge is 0.465 e. The van der Waals surface area contributed by atoms with Crippen molar-refractivity contribution in [3.63, 3.8) is 0 Å². The summed E-state index contributed by atoms with van der Waals surface area (Å²) in [5.41, 5.74) is 0. The van der Waals surface area contributed by atoms with Crippen molar-refractivity contribution in [1.82, 2.24) is 15.1 Å². The molecule has 0 saturated carbocycles. The minimum atomic E-state index is -0.301. The van der Waals surface area contributed by atoms with Crippen LogP contribution in [0.3, 0.4) is 0 Å². The third-order valence-corrected chi connectivity index (χ3v) is 2.60. The Hall–Kier alpha value is -2.41. The highest BCUT2D eigenvalue weighted by Gasteiger charge is 2.16. The van der Waals surface area contributed by atoms with Gasteiger partial charge in [-0.05, 0) is 19.1 Å². The van der Waals surface area contributed by atoms with E-state index in [9.17, 15) is 4.79 Å². The number of esters is 1. The Bertz CT molecular complexity index is 577. The van der Waals surface area contributed by atoms with E-state index in [2.05, 4.69) is 16.8 Å². The van der Waals surface area contributed by atoms with Gasteiger partial charge in [0.15, 0.2) is 5.76 Å². The molecule has 0 spiro atoms. The lowest BCUT2D eigenvalue weighted by Crippen LogP contribution is -2.31. The van der Waals surface area contributed by atoms with Crippen LogP contribution in [0.4, 0.5) is 0 Å². The van der Waals surface area contributed by atoms with Crippen molar-refractivity contribution in [2.45, 2.75) is 13.5 Å². The number of nitrogens with zero attached hydrogens (tertiary/aromatic N) is 3. The summed E-state index contributed by atoms with van der Waals surface area (Å²) in [6, 6.07) is 3.47. The third-order valence-electron chi connectivity index (χ3n) is 2.60. The first kappa shape index (κ1) is 15.0. The van der Waals surface area contributed by atoms with E-state index in [0.29, 0.717) is 37.2 Å². The molecule has 2 heterocycles. The van der Waals surface area contributed by atoms with Gasteiger partial charge in [0.2, 0.25) is 5.89 Å². The van der Waals surface area contributed by atoms with Gasteiger partial charge < -0.3 is 13.6 Å². The smallest absolute Gasteiger partial charge is 0.320 e. The molecule has 7 heteroatoms. The Morgan fingerprint density at radius 2 is 2.38 bits per heavy atom. The molecule has 0 bridgehead atoms. The van der Waals surface area contributed by atoms with Crippen molar-refractivity contribution in [1.29, 1.82) is 0 Å². The normalized spacial score (nSPS) is 10.8. The number of rotatable bonds is 8. The van der Waals surface area contributed by atoms with Gasteiger partial charge in [-0.1, -0.05) is 6.08 Å². The highest BCUT2D eigenvalue weighted by Crippen LogP contribution is 2.18. The minimum Gasteiger partial charge on any atom is -0.465 e. The topological polar surface area (TPSA) is 81.6 Å². The number of ether oxygens (including phenoxy) is 1. The molecule has 2 rings (SSSR count). The van der Waals surface area contributed by atoms with Crippen LogP contribution in [0.1, 0.15) is 12.8 Å². The van der Waals surface area contributed by atoms with E-state index >= 15 is 0 Å². The second kappa shape index (κ2) is 7.39. The molecule has 21 heavy (non-hydrogen) atoms. The average Bonchev–Trinajstić information content (AvgIpc) is 3.09. The van der Waals surface area contributed by atoms with E-state index < -0.39 is 0 Å². The van der Waals surface area contributed by atoms with Crippen LogP contribution in [0, 0.1) is 0 Å². The standard InChI is InChI=1S/C14H17N3O4/c1-3-7-17(10-13(18)19-4-2)9-12-15-16-14(21-12)11-6-5-8-20-11/h3,5-6,8H,1,4,7,9-10H2,2H3. The lowest BCUT2D eigenvalue weighted by Gasteiger charge is -2.17. The van der Waals surface area contributed by atoms with Gasteiger partial charge in [0.1, 0.15) is 0 Å². The summed E-state index contributed by atoms with van der Waals surface area (Å²) in [5, 5.41) is 7.85. The van der Waals surface area contributed by atoms with Crippen molar-refractivity contribution in [3.05, 3.63) is 36.9 Å².